The number of aliphatic carboxylic acids is 1. The molecule has 3 heterocycles. The third kappa shape index (κ3) is 6.28. The number of aromatic nitrogens is 1. The Morgan fingerprint density at radius 1 is 1.17 bits per heavy atom. The summed E-state index contributed by atoms with van der Waals surface area (Å²) in [6, 6.07) is 3.87. The van der Waals surface area contributed by atoms with Crippen molar-refractivity contribution < 1.29 is 32.2 Å². The lowest BCUT2D eigenvalue weighted by atomic mass is 9.83. The maximum Gasteiger partial charge on any atom is 0.338 e. The number of amidine groups is 1. The van der Waals surface area contributed by atoms with E-state index in [-0.39, 0.29) is 36.3 Å². The van der Waals surface area contributed by atoms with Crippen LogP contribution in [0.3, 0.4) is 0 Å². The van der Waals surface area contributed by atoms with Crippen molar-refractivity contribution in [3.63, 3.8) is 0 Å². The van der Waals surface area contributed by atoms with E-state index < -0.39 is 39.7 Å². The van der Waals surface area contributed by atoms with Gasteiger partial charge in [0.05, 0.1) is 24.4 Å². The Labute approximate surface area is 248 Å². The Kier molecular flexibility index (Phi) is 9.09. The summed E-state index contributed by atoms with van der Waals surface area (Å²) in [5.74, 6) is -1.96. The predicted octanol–water partition coefficient (Wildman–Crippen LogP) is 4.04. The first-order valence-electron chi connectivity index (χ1n) is 14.1. The van der Waals surface area contributed by atoms with Gasteiger partial charge in [-0.1, -0.05) is 12.1 Å². The van der Waals surface area contributed by atoms with E-state index in [9.17, 15) is 27.5 Å². The number of carboxylic acids is 1. The van der Waals surface area contributed by atoms with Gasteiger partial charge >= 0.3 is 11.9 Å². The summed E-state index contributed by atoms with van der Waals surface area (Å²) in [4.78, 5) is 33.7. The van der Waals surface area contributed by atoms with Crippen LogP contribution >= 0.6 is 11.3 Å². The molecule has 5 rings (SSSR count). The Morgan fingerprint density at radius 3 is 2.50 bits per heavy atom. The fourth-order valence-electron chi connectivity index (χ4n) is 6.22. The molecule has 0 radical (unpaired) electrons. The molecule has 1 aromatic heterocycles. The van der Waals surface area contributed by atoms with Gasteiger partial charge in [-0.25, -0.2) is 26.9 Å². The lowest BCUT2D eigenvalue weighted by Gasteiger charge is -2.37. The Balaban J connectivity index is 1.39. The normalized spacial score (nSPS) is 24.2. The van der Waals surface area contributed by atoms with Crippen LogP contribution in [-0.4, -0.2) is 66.5 Å². The number of aliphatic imine (C=N–C) groups is 1. The number of rotatable bonds is 8. The standard InChI is InChI=1S/C29H35FN4O6S2/c1-17-21(4-3-5-22(17)30)25-23(29(37)40-2)24(32-26(33-25)27-31-12-15-41-27)19-10-13-34(14-11-19)42(38,39)16-18-6-8-20(9-7-18)28(35)36/h3-5,12,15,18-20,25H,6-11,13-14,16H2,1-2H3,(H,32,33)(H,35,36). The van der Waals surface area contributed by atoms with Crippen molar-refractivity contribution in [2.45, 2.75) is 51.5 Å². The number of hydrogen-bond donors (Lipinski definition) is 2. The van der Waals surface area contributed by atoms with Crippen LogP contribution in [0.4, 0.5) is 4.39 Å². The number of thiazole rings is 1. The summed E-state index contributed by atoms with van der Waals surface area (Å²) in [5, 5.41) is 15.0. The minimum atomic E-state index is -3.54. The second-order valence-corrected chi connectivity index (χ2v) is 14.0. The molecule has 2 N–H and O–H groups in total. The van der Waals surface area contributed by atoms with Crippen LogP contribution in [0.1, 0.15) is 60.7 Å². The van der Waals surface area contributed by atoms with Crippen LogP contribution in [0.15, 0.2) is 46.0 Å². The Bertz CT molecular complexity index is 1490. The van der Waals surface area contributed by atoms with Crippen molar-refractivity contribution in [2.24, 2.45) is 22.7 Å². The van der Waals surface area contributed by atoms with Crippen LogP contribution in [0, 0.1) is 30.5 Å². The van der Waals surface area contributed by atoms with E-state index in [1.165, 1.54) is 28.8 Å². The van der Waals surface area contributed by atoms with E-state index in [1.807, 2.05) is 5.38 Å². The van der Waals surface area contributed by atoms with Gasteiger partial charge in [0.25, 0.3) is 0 Å². The number of piperidine rings is 1. The van der Waals surface area contributed by atoms with Gasteiger partial charge in [0, 0.05) is 36.3 Å². The summed E-state index contributed by atoms with van der Waals surface area (Å²) < 4.78 is 48.0. The number of allylic oxidation sites excluding steroid dienone is 1. The largest absolute Gasteiger partial charge is 0.481 e. The monoisotopic (exact) mass is 618 g/mol. The van der Waals surface area contributed by atoms with Crippen molar-refractivity contribution in [3.8, 4) is 0 Å². The molecule has 1 unspecified atom stereocenters. The van der Waals surface area contributed by atoms with E-state index in [4.69, 9.17) is 9.73 Å². The molecule has 2 aromatic rings. The topological polar surface area (TPSA) is 138 Å². The predicted molar refractivity (Wildman–Crippen MR) is 156 cm³/mol. The van der Waals surface area contributed by atoms with Crippen molar-refractivity contribution in [1.82, 2.24) is 14.6 Å². The summed E-state index contributed by atoms with van der Waals surface area (Å²) in [7, 11) is -2.24. The number of sulfonamides is 1. The number of carboxylic acid groups (broad SMARTS) is 1. The minimum absolute atomic E-state index is 0.0140. The third-order valence-electron chi connectivity index (χ3n) is 8.62. The minimum Gasteiger partial charge on any atom is -0.481 e. The summed E-state index contributed by atoms with van der Waals surface area (Å²) >= 11 is 1.38. The SMILES string of the molecule is COC(=O)C1=C(C2CCN(S(=O)(=O)CC3CCC(C(=O)O)CC3)CC2)NC(c2nccs2)=NC1c1cccc(F)c1C. The first-order chi connectivity index (χ1) is 20.1. The molecule has 0 spiro atoms. The molecule has 2 aliphatic heterocycles. The number of carbonyl (C=O) groups is 2. The fraction of sp³-hybridized carbons (Fsp3) is 0.517. The second kappa shape index (κ2) is 12.6. The van der Waals surface area contributed by atoms with Crippen LogP contribution in [-0.2, 0) is 24.3 Å². The maximum atomic E-state index is 14.6. The van der Waals surface area contributed by atoms with E-state index >= 15 is 0 Å². The van der Waals surface area contributed by atoms with Gasteiger partial charge in [0.2, 0.25) is 10.0 Å². The van der Waals surface area contributed by atoms with Crippen molar-refractivity contribution in [3.05, 3.63) is 63.0 Å². The number of methoxy groups -OCH3 is 1. The molecule has 3 aliphatic rings. The molecule has 1 saturated carbocycles. The summed E-state index contributed by atoms with van der Waals surface area (Å²) in [6.45, 7) is 2.21. The van der Waals surface area contributed by atoms with Crippen LogP contribution in [0.25, 0.3) is 0 Å². The number of benzene rings is 1. The fourth-order valence-corrected chi connectivity index (χ4v) is 8.71. The molecule has 1 saturated heterocycles. The number of ether oxygens (including phenoxy) is 1. The molecule has 10 nitrogen and oxygen atoms in total. The lowest BCUT2D eigenvalue weighted by Crippen LogP contribution is -2.44. The quantitative estimate of drug-likeness (QED) is 0.423. The number of halogens is 1. The molecule has 13 heteroatoms. The highest BCUT2D eigenvalue weighted by Crippen LogP contribution is 2.39. The molecule has 0 amide bonds. The maximum absolute atomic E-state index is 14.6. The first-order valence-corrected chi connectivity index (χ1v) is 16.6. The van der Waals surface area contributed by atoms with Gasteiger partial charge in [0.1, 0.15) is 11.9 Å². The van der Waals surface area contributed by atoms with Gasteiger partial charge in [-0.3, -0.25) is 9.79 Å². The number of hydrogen-bond acceptors (Lipinski definition) is 9. The Morgan fingerprint density at radius 2 is 1.88 bits per heavy atom. The van der Waals surface area contributed by atoms with E-state index in [0.29, 0.717) is 66.2 Å². The van der Waals surface area contributed by atoms with Crippen molar-refractivity contribution >= 4 is 39.1 Å². The Hall–Kier alpha value is -3.16. The van der Waals surface area contributed by atoms with E-state index in [0.717, 1.165) is 0 Å². The van der Waals surface area contributed by atoms with Gasteiger partial charge in [0.15, 0.2) is 10.8 Å². The van der Waals surface area contributed by atoms with Crippen molar-refractivity contribution in [2.75, 3.05) is 26.0 Å². The highest BCUT2D eigenvalue weighted by Gasteiger charge is 2.39. The van der Waals surface area contributed by atoms with Crippen LogP contribution < -0.4 is 5.32 Å². The molecule has 226 valence electrons. The first kappa shape index (κ1) is 30.3. The van der Waals surface area contributed by atoms with Gasteiger partial charge in [-0.2, -0.15) is 0 Å². The summed E-state index contributed by atoms with van der Waals surface area (Å²) in [6.07, 6.45) is 4.77. The molecular formula is C29H35FN4O6S2. The number of carbonyl (C=O) groups excluding carboxylic acids is 1. The molecule has 2 fully saturated rings. The zero-order valence-corrected chi connectivity index (χ0v) is 25.2. The molecule has 1 atom stereocenters. The van der Waals surface area contributed by atoms with Gasteiger partial charge < -0.3 is 15.2 Å². The highest BCUT2D eigenvalue weighted by atomic mass is 32.2. The molecular weight excluding hydrogens is 583 g/mol. The zero-order valence-electron chi connectivity index (χ0n) is 23.6. The second-order valence-electron chi connectivity index (χ2n) is 11.1. The van der Waals surface area contributed by atoms with E-state index in [2.05, 4.69) is 10.3 Å². The third-order valence-corrected chi connectivity index (χ3v) is 11.4. The zero-order chi connectivity index (χ0) is 30.0. The van der Waals surface area contributed by atoms with Crippen molar-refractivity contribution in [1.29, 1.82) is 0 Å². The number of nitrogens with one attached hydrogen (secondary N) is 1. The number of nitrogens with zero attached hydrogens (tertiary/aromatic N) is 3. The number of esters is 1. The summed E-state index contributed by atoms with van der Waals surface area (Å²) in [5.41, 5.74) is 1.80. The van der Waals surface area contributed by atoms with Crippen LogP contribution in [0.5, 0.6) is 0 Å². The molecule has 1 aliphatic carbocycles. The molecule has 1 aromatic carbocycles. The highest BCUT2D eigenvalue weighted by molar-refractivity contribution is 7.89. The smallest absolute Gasteiger partial charge is 0.338 e. The molecule has 42 heavy (non-hydrogen) atoms. The average molecular weight is 619 g/mol. The van der Waals surface area contributed by atoms with E-state index in [1.54, 1.807) is 25.3 Å². The lowest BCUT2D eigenvalue weighted by molar-refractivity contribution is -0.143. The van der Waals surface area contributed by atoms with Gasteiger partial charge in [-0.15, -0.1) is 11.3 Å². The average Bonchev–Trinajstić information content (AvgIpc) is 3.53. The molecule has 0 bridgehead atoms. The van der Waals surface area contributed by atoms with Gasteiger partial charge in [-0.05, 0) is 68.6 Å². The van der Waals surface area contributed by atoms with Crippen LogP contribution in [0.2, 0.25) is 0 Å².